The van der Waals surface area contributed by atoms with Gasteiger partial charge in [0.15, 0.2) is 0 Å². The molecule has 0 unspecified atom stereocenters. The number of rotatable bonds is 6. The minimum Gasteiger partial charge on any atom is -0.385 e. The Morgan fingerprint density at radius 2 is 2.39 bits per heavy atom. The highest BCUT2D eigenvalue weighted by molar-refractivity contribution is 7.16. The SMILES string of the molecule is COCCCN=C(NN)N(C)Cc1ccc(Cl)s1. The molecule has 1 heterocycles. The van der Waals surface area contributed by atoms with Gasteiger partial charge in [-0.2, -0.15) is 0 Å². The van der Waals surface area contributed by atoms with Crippen LogP contribution < -0.4 is 11.3 Å². The standard InChI is InChI=1S/C11H19ClN4OS/c1-16(8-9-4-5-10(12)18-9)11(15-13)14-6-3-7-17-2/h4-5H,3,6-8,13H2,1-2H3,(H,14,15). The van der Waals surface area contributed by atoms with Crippen molar-refractivity contribution in [1.82, 2.24) is 10.3 Å². The molecule has 7 heteroatoms. The molecule has 0 saturated heterocycles. The zero-order chi connectivity index (χ0) is 13.4. The molecule has 1 rings (SSSR count). The summed E-state index contributed by atoms with van der Waals surface area (Å²) in [6.07, 6.45) is 0.875. The highest BCUT2D eigenvalue weighted by atomic mass is 35.5. The van der Waals surface area contributed by atoms with Crippen molar-refractivity contribution in [2.75, 3.05) is 27.3 Å². The molecule has 5 nitrogen and oxygen atoms in total. The van der Waals surface area contributed by atoms with E-state index in [1.165, 1.54) is 4.88 Å². The molecule has 0 atom stereocenters. The van der Waals surface area contributed by atoms with Crippen LogP contribution in [0, 0.1) is 0 Å². The van der Waals surface area contributed by atoms with Gasteiger partial charge < -0.3 is 9.64 Å². The number of aliphatic imine (C=N–C) groups is 1. The van der Waals surface area contributed by atoms with Crippen LogP contribution in [0.2, 0.25) is 4.34 Å². The molecule has 0 aliphatic heterocycles. The lowest BCUT2D eigenvalue weighted by Crippen LogP contribution is -2.42. The molecule has 0 aromatic carbocycles. The van der Waals surface area contributed by atoms with Gasteiger partial charge in [0.05, 0.1) is 10.9 Å². The van der Waals surface area contributed by atoms with Crippen molar-refractivity contribution in [1.29, 1.82) is 0 Å². The van der Waals surface area contributed by atoms with Gasteiger partial charge in [-0.3, -0.25) is 10.4 Å². The van der Waals surface area contributed by atoms with Crippen molar-refractivity contribution in [3.8, 4) is 0 Å². The van der Waals surface area contributed by atoms with Gasteiger partial charge in [0, 0.05) is 32.2 Å². The molecule has 0 aliphatic carbocycles. The van der Waals surface area contributed by atoms with Gasteiger partial charge in [-0.15, -0.1) is 11.3 Å². The van der Waals surface area contributed by atoms with Crippen LogP contribution in [0.4, 0.5) is 0 Å². The predicted molar refractivity (Wildman–Crippen MR) is 76.9 cm³/mol. The zero-order valence-corrected chi connectivity index (χ0v) is 12.2. The van der Waals surface area contributed by atoms with Crippen LogP contribution >= 0.6 is 22.9 Å². The first-order chi connectivity index (χ1) is 8.67. The fourth-order valence-corrected chi connectivity index (χ4v) is 2.56. The summed E-state index contributed by atoms with van der Waals surface area (Å²) in [5.41, 5.74) is 2.61. The first kappa shape index (κ1) is 15.2. The molecule has 0 aliphatic rings. The molecule has 102 valence electrons. The second kappa shape index (κ2) is 8.31. The van der Waals surface area contributed by atoms with Crippen LogP contribution in [0.15, 0.2) is 17.1 Å². The van der Waals surface area contributed by atoms with E-state index in [0.717, 1.165) is 17.3 Å². The molecule has 0 fully saturated rings. The van der Waals surface area contributed by atoms with Crippen molar-refractivity contribution in [2.45, 2.75) is 13.0 Å². The third-order valence-corrected chi connectivity index (χ3v) is 3.50. The van der Waals surface area contributed by atoms with Crippen LogP contribution in [0.1, 0.15) is 11.3 Å². The van der Waals surface area contributed by atoms with Crippen LogP contribution in [-0.4, -0.2) is 38.2 Å². The first-order valence-corrected chi connectivity index (χ1v) is 6.82. The fourth-order valence-electron chi connectivity index (χ4n) is 1.42. The number of hydrazine groups is 1. The number of guanidine groups is 1. The quantitative estimate of drug-likeness (QED) is 0.275. The van der Waals surface area contributed by atoms with Gasteiger partial charge in [0.2, 0.25) is 5.96 Å². The van der Waals surface area contributed by atoms with Crippen molar-refractivity contribution < 1.29 is 4.74 Å². The molecule has 1 aromatic heterocycles. The third-order valence-electron chi connectivity index (χ3n) is 2.28. The van der Waals surface area contributed by atoms with Crippen LogP contribution in [-0.2, 0) is 11.3 Å². The molecule has 1 aromatic rings. The smallest absolute Gasteiger partial charge is 0.208 e. The second-order valence-electron chi connectivity index (χ2n) is 3.76. The van der Waals surface area contributed by atoms with E-state index in [9.17, 15) is 0 Å². The van der Waals surface area contributed by atoms with E-state index >= 15 is 0 Å². The average molecular weight is 291 g/mol. The average Bonchev–Trinajstić information content (AvgIpc) is 2.75. The lowest BCUT2D eigenvalue weighted by Gasteiger charge is -2.19. The Balaban J connectivity index is 2.48. The molecule has 18 heavy (non-hydrogen) atoms. The zero-order valence-electron chi connectivity index (χ0n) is 10.6. The van der Waals surface area contributed by atoms with Crippen LogP contribution in [0.25, 0.3) is 0 Å². The molecule has 0 radical (unpaired) electrons. The number of nitrogens with two attached hydrogens (primary N) is 1. The topological polar surface area (TPSA) is 62.9 Å². The molecule has 0 spiro atoms. The number of hydrogen-bond donors (Lipinski definition) is 2. The summed E-state index contributed by atoms with van der Waals surface area (Å²) in [7, 11) is 3.61. The van der Waals surface area contributed by atoms with E-state index < -0.39 is 0 Å². The maximum atomic E-state index is 5.89. The second-order valence-corrected chi connectivity index (χ2v) is 5.56. The summed E-state index contributed by atoms with van der Waals surface area (Å²) in [5.74, 6) is 6.13. The number of methoxy groups -OCH3 is 1. The lowest BCUT2D eigenvalue weighted by molar-refractivity contribution is 0.197. The first-order valence-electron chi connectivity index (χ1n) is 5.62. The Kier molecular flexibility index (Phi) is 7.04. The minimum absolute atomic E-state index is 0.663. The summed E-state index contributed by atoms with van der Waals surface area (Å²) in [6.45, 7) is 2.11. The highest BCUT2D eigenvalue weighted by Gasteiger charge is 2.07. The van der Waals surface area contributed by atoms with Gasteiger partial charge in [-0.1, -0.05) is 11.6 Å². The molecular formula is C11H19ClN4OS. The minimum atomic E-state index is 0.663. The van der Waals surface area contributed by atoms with Gasteiger partial charge in [-0.05, 0) is 18.6 Å². The van der Waals surface area contributed by atoms with E-state index in [-0.39, 0.29) is 0 Å². The largest absolute Gasteiger partial charge is 0.385 e. The Morgan fingerprint density at radius 1 is 1.61 bits per heavy atom. The van der Waals surface area contributed by atoms with Crippen molar-refractivity contribution in [3.05, 3.63) is 21.3 Å². The van der Waals surface area contributed by atoms with Crippen molar-refractivity contribution >= 4 is 28.9 Å². The maximum absolute atomic E-state index is 5.89. The van der Waals surface area contributed by atoms with E-state index in [1.807, 2.05) is 24.1 Å². The van der Waals surface area contributed by atoms with Gasteiger partial charge >= 0.3 is 0 Å². The summed E-state index contributed by atoms with van der Waals surface area (Å²) >= 11 is 7.45. The van der Waals surface area contributed by atoms with Crippen LogP contribution in [0.3, 0.4) is 0 Å². The lowest BCUT2D eigenvalue weighted by atomic mass is 10.4. The number of hydrogen-bond acceptors (Lipinski definition) is 4. The summed E-state index contributed by atoms with van der Waals surface area (Å²) < 4.78 is 5.76. The number of thiophene rings is 1. The van der Waals surface area contributed by atoms with Crippen LogP contribution in [0.5, 0.6) is 0 Å². The Morgan fingerprint density at radius 3 is 2.94 bits per heavy atom. The van der Waals surface area contributed by atoms with E-state index in [1.54, 1.807) is 18.4 Å². The fraction of sp³-hybridized carbons (Fsp3) is 0.545. The Labute approximate surface area is 117 Å². The summed E-state index contributed by atoms with van der Waals surface area (Å²) in [5, 5.41) is 0. The van der Waals surface area contributed by atoms with Crippen molar-refractivity contribution in [3.63, 3.8) is 0 Å². The monoisotopic (exact) mass is 290 g/mol. The molecule has 0 bridgehead atoms. The summed E-state index contributed by atoms with van der Waals surface area (Å²) in [4.78, 5) is 7.50. The van der Waals surface area contributed by atoms with Crippen molar-refractivity contribution in [2.24, 2.45) is 10.8 Å². The predicted octanol–water partition coefficient (Wildman–Crippen LogP) is 1.69. The number of nitrogens with one attached hydrogen (secondary N) is 1. The molecule has 0 amide bonds. The van der Waals surface area contributed by atoms with E-state index in [2.05, 4.69) is 10.4 Å². The van der Waals surface area contributed by atoms with Gasteiger partial charge in [0.1, 0.15) is 0 Å². The van der Waals surface area contributed by atoms with Gasteiger partial charge in [-0.25, -0.2) is 5.84 Å². The van der Waals surface area contributed by atoms with E-state index in [0.29, 0.717) is 19.1 Å². The molecular weight excluding hydrogens is 272 g/mol. The molecule has 3 N–H and O–H groups in total. The highest BCUT2D eigenvalue weighted by Crippen LogP contribution is 2.22. The number of ether oxygens (including phenoxy) is 1. The number of halogens is 1. The van der Waals surface area contributed by atoms with E-state index in [4.69, 9.17) is 22.2 Å². The normalized spacial score (nSPS) is 11.7. The van der Waals surface area contributed by atoms with Gasteiger partial charge in [0.25, 0.3) is 0 Å². The Bertz CT molecular complexity index is 383. The third kappa shape index (κ3) is 5.22. The Hall–Kier alpha value is -0.820. The number of nitrogens with zero attached hydrogens (tertiary/aromatic N) is 2. The maximum Gasteiger partial charge on any atom is 0.208 e. The molecule has 0 saturated carbocycles. The summed E-state index contributed by atoms with van der Waals surface area (Å²) in [6, 6.07) is 3.89.